The smallest absolute Gasteiger partial charge is 0.000966 e. The van der Waals surface area contributed by atoms with Crippen molar-refractivity contribution < 1.29 is 0 Å². The fourth-order valence-electron chi connectivity index (χ4n) is 2.22. The zero-order chi connectivity index (χ0) is 11.6. The standard InChI is InChI=1S/C14H30N2/c1-3-11-16(13-14-8-9-14)12-7-5-6-10-15-4-2/h14-15H,3-13H2,1-2H3. The molecule has 0 atom stereocenters. The summed E-state index contributed by atoms with van der Waals surface area (Å²) in [5, 5.41) is 3.39. The second-order valence-corrected chi connectivity index (χ2v) is 5.16. The summed E-state index contributed by atoms with van der Waals surface area (Å²) in [6.45, 7) is 10.8. The lowest BCUT2D eigenvalue weighted by molar-refractivity contribution is 0.257. The largest absolute Gasteiger partial charge is 0.317 e. The average molecular weight is 226 g/mol. The van der Waals surface area contributed by atoms with Gasteiger partial charge in [0.25, 0.3) is 0 Å². The molecule has 0 amide bonds. The lowest BCUT2D eigenvalue weighted by Crippen LogP contribution is -2.28. The van der Waals surface area contributed by atoms with Crippen LogP contribution < -0.4 is 5.32 Å². The van der Waals surface area contributed by atoms with Crippen LogP contribution in [0.25, 0.3) is 0 Å². The van der Waals surface area contributed by atoms with Crippen molar-refractivity contribution in [3.8, 4) is 0 Å². The van der Waals surface area contributed by atoms with Gasteiger partial charge in [0, 0.05) is 6.54 Å². The molecule has 0 saturated heterocycles. The third-order valence-corrected chi connectivity index (χ3v) is 3.33. The molecule has 0 aromatic heterocycles. The Hall–Kier alpha value is -0.0800. The lowest BCUT2D eigenvalue weighted by Gasteiger charge is -2.21. The first-order valence-electron chi connectivity index (χ1n) is 7.29. The second kappa shape index (κ2) is 9.00. The third kappa shape index (κ3) is 7.24. The van der Waals surface area contributed by atoms with Crippen LogP contribution in [0.2, 0.25) is 0 Å². The van der Waals surface area contributed by atoms with Crippen molar-refractivity contribution in [2.45, 2.75) is 52.4 Å². The van der Waals surface area contributed by atoms with Crippen molar-refractivity contribution in [1.29, 1.82) is 0 Å². The van der Waals surface area contributed by atoms with Crippen LogP contribution in [0.3, 0.4) is 0 Å². The van der Waals surface area contributed by atoms with Crippen LogP contribution in [-0.2, 0) is 0 Å². The highest BCUT2D eigenvalue weighted by molar-refractivity contribution is 4.77. The minimum absolute atomic E-state index is 1.05. The summed E-state index contributed by atoms with van der Waals surface area (Å²) < 4.78 is 0. The summed E-state index contributed by atoms with van der Waals surface area (Å²) in [5.74, 6) is 1.05. The number of nitrogens with one attached hydrogen (secondary N) is 1. The first kappa shape index (κ1) is 14.0. The van der Waals surface area contributed by atoms with Gasteiger partial charge in [-0.3, -0.25) is 0 Å². The summed E-state index contributed by atoms with van der Waals surface area (Å²) in [7, 11) is 0. The van der Waals surface area contributed by atoms with Gasteiger partial charge in [0.15, 0.2) is 0 Å². The van der Waals surface area contributed by atoms with E-state index >= 15 is 0 Å². The number of rotatable bonds is 11. The van der Waals surface area contributed by atoms with E-state index < -0.39 is 0 Å². The van der Waals surface area contributed by atoms with Crippen molar-refractivity contribution in [1.82, 2.24) is 10.2 Å². The van der Waals surface area contributed by atoms with Crippen molar-refractivity contribution in [2.75, 3.05) is 32.7 Å². The molecule has 96 valence electrons. The van der Waals surface area contributed by atoms with Crippen LogP contribution in [-0.4, -0.2) is 37.6 Å². The summed E-state index contributed by atoms with van der Waals surface area (Å²) in [6, 6.07) is 0. The number of unbranched alkanes of at least 4 members (excludes halogenated alkanes) is 2. The normalized spacial score (nSPS) is 15.9. The monoisotopic (exact) mass is 226 g/mol. The lowest BCUT2D eigenvalue weighted by atomic mass is 10.2. The molecule has 1 aliphatic carbocycles. The van der Waals surface area contributed by atoms with E-state index in [4.69, 9.17) is 0 Å². The fraction of sp³-hybridized carbons (Fsp3) is 1.00. The van der Waals surface area contributed by atoms with Crippen LogP contribution in [0.5, 0.6) is 0 Å². The highest BCUT2D eigenvalue weighted by Crippen LogP contribution is 2.29. The van der Waals surface area contributed by atoms with E-state index in [2.05, 4.69) is 24.1 Å². The molecular formula is C14H30N2. The Morgan fingerprint density at radius 2 is 1.88 bits per heavy atom. The van der Waals surface area contributed by atoms with Crippen molar-refractivity contribution in [2.24, 2.45) is 5.92 Å². The molecular weight excluding hydrogens is 196 g/mol. The van der Waals surface area contributed by atoms with Gasteiger partial charge in [0.2, 0.25) is 0 Å². The fourth-order valence-corrected chi connectivity index (χ4v) is 2.22. The van der Waals surface area contributed by atoms with Crippen molar-refractivity contribution >= 4 is 0 Å². The molecule has 1 saturated carbocycles. The molecule has 0 radical (unpaired) electrons. The van der Waals surface area contributed by atoms with E-state index in [-0.39, 0.29) is 0 Å². The van der Waals surface area contributed by atoms with Gasteiger partial charge < -0.3 is 10.2 Å². The minimum Gasteiger partial charge on any atom is -0.317 e. The number of nitrogens with zero attached hydrogens (tertiary/aromatic N) is 1. The molecule has 1 fully saturated rings. The minimum atomic E-state index is 1.05. The first-order chi connectivity index (χ1) is 7.86. The third-order valence-electron chi connectivity index (χ3n) is 3.33. The Balaban J connectivity index is 1.93. The van der Waals surface area contributed by atoms with Gasteiger partial charge >= 0.3 is 0 Å². The topological polar surface area (TPSA) is 15.3 Å². The predicted molar refractivity (Wildman–Crippen MR) is 71.8 cm³/mol. The molecule has 1 aliphatic rings. The van der Waals surface area contributed by atoms with Gasteiger partial charge in [-0.05, 0) is 64.2 Å². The molecule has 0 aromatic carbocycles. The maximum absolute atomic E-state index is 3.39. The van der Waals surface area contributed by atoms with Crippen LogP contribution in [0.15, 0.2) is 0 Å². The maximum atomic E-state index is 3.39. The van der Waals surface area contributed by atoms with Crippen LogP contribution >= 0.6 is 0 Å². The predicted octanol–water partition coefficient (Wildman–Crippen LogP) is 2.89. The molecule has 1 N–H and O–H groups in total. The molecule has 2 nitrogen and oxygen atoms in total. The Kier molecular flexibility index (Phi) is 7.87. The van der Waals surface area contributed by atoms with Crippen molar-refractivity contribution in [3.63, 3.8) is 0 Å². The average Bonchev–Trinajstić information content (AvgIpc) is 3.07. The molecule has 1 rings (SSSR count). The van der Waals surface area contributed by atoms with E-state index in [1.807, 2.05) is 0 Å². The molecule has 0 bridgehead atoms. The number of hydrogen-bond donors (Lipinski definition) is 1. The van der Waals surface area contributed by atoms with Gasteiger partial charge in [0.05, 0.1) is 0 Å². The van der Waals surface area contributed by atoms with E-state index in [0.29, 0.717) is 0 Å². The molecule has 0 unspecified atom stereocenters. The SMILES string of the molecule is CCCN(CCCCCNCC)CC1CC1. The summed E-state index contributed by atoms with van der Waals surface area (Å²) in [6.07, 6.45) is 8.40. The van der Waals surface area contributed by atoms with E-state index in [9.17, 15) is 0 Å². The summed E-state index contributed by atoms with van der Waals surface area (Å²) in [5.41, 5.74) is 0. The van der Waals surface area contributed by atoms with E-state index in [1.165, 1.54) is 64.7 Å². The molecule has 0 aliphatic heterocycles. The molecule has 16 heavy (non-hydrogen) atoms. The van der Waals surface area contributed by atoms with Gasteiger partial charge in [0.1, 0.15) is 0 Å². The van der Waals surface area contributed by atoms with Gasteiger partial charge in [-0.1, -0.05) is 20.3 Å². The Labute approximate surface area is 102 Å². The highest BCUT2D eigenvalue weighted by Gasteiger charge is 2.23. The summed E-state index contributed by atoms with van der Waals surface area (Å²) >= 11 is 0. The van der Waals surface area contributed by atoms with E-state index in [0.717, 1.165) is 12.5 Å². The quantitative estimate of drug-likeness (QED) is 0.545. The van der Waals surface area contributed by atoms with Gasteiger partial charge in [-0.15, -0.1) is 0 Å². The Bertz CT molecular complexity index is 155. The van der Waals surface area contributed by atoms with Crippen LogP contribution in [0, 0.1) is 5.92 Å². The zero-order valence-electron chi connectivity index (χ0n) is 11.3. The van der Waals surface area contributed by atoms with Crippen LogP contribution in [0.4, 0.5) is 0 Å². The van der Waals surface area contributed by atoms with Crippen LogP contribution in [0.1, 0.15) is 52.4 Å². The highest BCUT2D eigenvalue weighted by atomic mass is 15.1. The molecule has 0 aromatic rings. The van der Waals surface area contributed by atoms with Crippen molar-refractivity contribution in [3.05, 3.63) is 0 Å². The first-order valence-corrected chi connectivity index (χ1v) is 7.29. The second-order valence-electron chi connectivity index (χ2n) is 5.16. The molecule has 0 heterocycles. The Morgan fingerprint density at radius 3 is 2.50 bits per heavy atom. The van der Waals surface area contributed by atoms with Gasteiger partial charge in [-0.25, -0.2) is 0 Å². The molecule has 0 spiro atoms. The van der Waals surface area contributed by atoms with Gasteiger partial charge in [-0.2, -0.15) is 0 Å². The van der Waals surface area contributed by atoms with E-state index in [1.54, 1.807) is 0 Å². The molecule has 2 heteroatoms. The number of hydrogen-bond acceptors (Lipinski definition) is 2. The summed E-state index contributed by atoms with van der Waals surface area (Å²) in [4.78, 5) is 2.69. The maximum Gasteiger partial charge on any atom is 0.000966 e. The Morgan fingerprint density at radius 1 is 1.06 bits per heavy atom. The zero-order valence-corrected chi connectivity index (χ0v) is 11.3.